The lowest BCUT2D eigenvalue weighted by molar-refractivity contribution is 0.0209. The second-order valence-corrected chi connectivity index (χ2v) is 4.42. The molecule has 0 spiro atoms. The van der Waals surface area contributed by atoms with E-state index in [4.69, 9.17) is 10.5 Å². The van der Waals surface area contributed by atoms with Gasteiger partial charge in [-0.2, -0.15) is 0 Å². The van der Waals surface area contributed by atoms with E-state index in [1.165, 1.54) is 12.8 Å². The molecule has 0 amide bonds. The fourth-order valence-electron chi connectivity index (χ4n) is 1.57. The van der Waals surface area contributed by atoms with Gasteiger partial charge in [0, 0.05) is 19.6 Å². The average Bonchev–Trinajstić information content (AvgIpc) is 2.16. The molecule has 1 atom stereocenters. The van der Waals surface area contributed by atoms with Crippen molar-refractivity contribution >= 4 is 5.84 Å². The Morgan fingerprint density at radius 2 is 2.29 bits per heavy atom. The monoisotopic (exact) mass is 198 g/mol. The summed E-state index contributed by atoms with van der Waals surface area (Å²) in [5.74, 6) is 1.34. The van der Waals surface area contributed by atoms with Gasteiger partial charge in [-0.15, -0.1) is 0 Å². The van der Waals surface area contributed by atoms with E-state index in [0.717, 1.165) is 31.8 Å². The molecule has 0 saturated carbocycles. The van der Waals surface area contributed by atoms with Gasteiger partial charge in [0.05, 0.1) is 11.9 Å². The predicted molar refractivity (Wildman–Crippen MR) is 59.5 cm³/mol. The van der Waals surface area contributed by atoms with Gasteiger partial charge in [0.1, 0.15) is 0 Å². The Labute approximate surface area is 86.7 Å². The zero-order chi connectivity index (χ0) is 10.4. The second-order valence-electron chi connectivity index (χ2n) is 4.42. The molecule has 0 aromatic rings. The predicted octanol–water partition coefficient (Wildman–Crippen LogP) is 1.96. The molecule has 1 aliphatic heterocycles. The van der Waals surface area contributed by atoms with E-state index in [-0.39, 0.29) is 0 Å². The summed E-state index contributed by atoms with van der Waals surface area (Å²) in [4.78, 5) is 4.33. The maximum atomic E-state index is 5.82. The van der Waals surface area contributed by atoms with Gasteiger partial charge < -0.3 is 10.5 Å². The molecule has 3 nitrogen and oxygen atoms in total. The fourth-order valence-corrected chi connectivity index (χ4v) is 1.57. The van der Waals surface area contributed by atoms with Crippen molar-refractivity contribution in [3.05, 3.63) is 0 Å². The van der Waals surface area contributed by atoms with Crippen LogP contribution in [0.3, 0.4) is 0 Å². The SMILES string of the molecule is CC(C)CN=C(N)CC1CCCCO1. The molecule has 3 heteroatoms. The molecule has 0 bridgehead atoms. The first-order chi connectivity index (χ1) is 6.68. The summed E-state index contributed by atoms with van der Waals surface area (Å²) in [6, 6.07) is 0. The normalized spacial score (nSPS) is 24.2. The lowest BCUT2D eigenvalue weighted by Crippen LogP contribution is -2.26. The minimum Gasteiger partial charge on any atom is -0.387 e. The Morgan fingerprint density at radius 3 is 2.86 bits per heavy atom. The van der Waals surface area contributed by atoms with Crippen molar-refractivity contribution in [1.82, 2.24) is 0 Å². The number of amidine groups is 1. The van der Waals surface area contributed by atoms with Gasteiger partial charge in [0.25, 0.3) is 0 Å². The van der Waals surface area contributed by atoms with Crippen LogP contribution in [-0.2, 0) is 4.74 Å². The molecule has 1 unspecified atom stereocenters. The number of nitrogens with two attached hydrogens (primary N) is 1. The molecule has 0 radical (unpaired) electrons. The molecule has 0 aromatic heterocycles. The van der Waals surface area contributed by atoms with E-state index < -0.39 is 0 Å². The van der Waals surface area contributed by atoms with E-state index in [1.54, 1.807) is 0 Å². The molecular formula is C11H22N2O. The zero-order valence-electron chi connectivity index (χ0n) is 9.33. The topological polar surface area (TPSA) is 47.6 Å². The Morgan fingerprint density at radius 1 is 1.50 bits per heavy atom. The van der Waals surface area contributed by atoms with Crippen LogP contribution in [0.4, 0.5) is 0 Å². The highest BCUT2D eigenvalue weighted by atomic mass is 16.5. The Bertz CT molecular complexity index is 184. The van der Waals surface area contributed by atoms with Crippen molar-refractivity contribution in [2.45, 2.75) is 45.6 Å². The van der Waals surface area contributed by atoms with Crippen molar-refractivity contribution in [2.24, 2.45) is 16.6 Å². The molecular weight excluding hydrogens is 176 g/mol. The van der Waals surface area contributed by atoms with Gasteiger partial charge in [-0.05, 0) is 25.2 Å². The van der Waals surface area contributed by atoms with Crippen LogP contribution in [0.2, 0.25) is 0 Å². The van der Waals surface area contributed by atoms with Crippen LogP contribution in [0.25, 0.3) is 0 Å². The van der Waals surface area contributed by atoms with Crippen LogP contribution in [0, 0.1) is 5.92 Å². The summed E-state index contributed by atoms with van der Waals surface area (Å²) < 4.78 is 5.59. The molecule has 1 heterocycles. The molecule has 0 aromatic carbocycles. The molecule has 2 N–H and O–H groups in total. The summed E-state index contributed by atoms with van der Waals surface area (Å²) >= 11 is 0. The fraction of sp³-hybridized carbons (Fsp3) is 0.909. The van der Waals surface area contributed by atoms with Crippen LogP contribution in [0.15, 0.2) is 4.99 Å². The minimum atomic E-state index is 0.319. The van der Waals surface area contributed by atoms with Crippen LogP contribution in [0.1, 0.15) is 39.5 Å². The molecule has 1 saturated heterocycles. The van der Waals surface area contributed by atoms with Crippen molar-refractivity contribution in [2.75, 3.05) is 13.2 Å². The van der Waals surface area contributed by atoms with Gasteiger partial charge in [-0.3, -0.25) is 4.99 Å². The Balaban J connectivity index is 2.24. The zero-order valence-corrected chi connectivity index (χ0v) is 9.33. The quantitative estimate of drug-likeness (QED) is 0.554. The maximum Gasteiger partial charge on any atom is 0.0963 e. The molecule has 1 fully saturated rings. The minimum absolute atomic E-state index is 0.319. The largest absolute Gasteiger partial charge is 0.387 e. The standard InChI is InChI=1S/C11H22N2O/c1-9(2)8-13-11(12)7-10-5-3-4-6-14-10/h9-10H,3-8H2,1-2H3,(H2,12,13). The van der Waals surface area contributed by atoms with Gasteiger partial charge in [0.15, 0.2) is 0 Å². The summed E-state index contributed by atoms with van der Waals surface area (Å²) in [5, 5.41) is 0. The van der Waals surface area contributed by atoms with Crippen LogP contribution >= 0.6 is 0 Å². The molecule has 14 heavy (non-hydrogen) atoms. The number of hydrogen-bond acceptors (Lipinski definition) is 2. The average molecular weight is 198 g/mol. The number of nitrogens with zero attached hydrogens (tertiary/aromatic N) is 1. The highest BCUT2D eigenvalue weighted by molar-refractivity contribution is 5.80. The van der Waals surface area contributed by atoms with E-state index in [9.17, 15) is 0 Å². The van der Waals surface area contributed by atoms with Crippen LogP contribution < -0.4 is 5.73 Å². The Kier molecular flexibility index (Phi) is 4.94. The van der Waals surface area contributed by atoms with Crippen molar-refractivity contribution < 1.29 is 4.74 Å². The third kappa shape index (κ3) is 4.61. The van der Waals surface area contributed by atoms with Crippen LogP contribution in [-0.4, -0.2) is 25.1 Å². The van der Waals surface area contributed by atoms with Crippen LogP contribution in [0.5, 0.6) is 0 Å². The van der Waals surface area contributed by atoms with Gasteiger partial charge in [0.2, 0.25) is 0 Å². The van der Waals surface area contributed by atoms with E-state index in [2.05, 4.69) is 18.8 Å². The third-order valence-corrected chi connectivity index (χ3v) is 2.37. The van der Waals surface area contributed by atoms with Gasteiger partial charge >= 0.3 is 0 Å². The lowest BCUT2D eigenvalue weighted by Gasteiger charge is -2.22. The number of rotatable bonds is 4. The first-order valence-corrected chi connectivity index (χ1v) is 5.59. The first kappa shape index (κ1) is 11.5. The smallest absolute Gasteiger partial charge is 0.0963 e. The van der Waals surface area contributed by atoms with E-state index in [0.29, 0.717) is 12.0 Å². The van der Waals surface area contributed by atoms with Crippen molar-refractivity contribution in [3.8, 4) is 0 Å². The number of aliphatic imine (C=N–C) groups is 1. The number of hydrogen-bond donors (Lipinski definition) is 1. The second kappa shape index (κ2) is 6.02. The number of ether oxygens (including phenoxy) is 1. The third-order valence-electron chi connectivity index (χ3n) is 2.37. The summed E-state index contributed by atoms with van der Waals surface area (Å²) in [6.07, 6.45) is 4.73. The lowest BCUT2D eigenvalue weighted by atomic mass is 10.1. The van der Waals surface area contributed by atoms with E-state index >= 15 is 0 Å². The summed E-state index contributed by atoms with van der Waals surface area (Å²) in [6.45, 7) is 6.02. The summed E-state index contributed by atoms with van der Waals surface area (Å²) in [5.41, 5.74) is 5.82. The van der Waals surface area contributed by atoms with E-state index in [1.807, 2.05) is 0 Å². The van der Waals surface area contributed by atoms with Gasteiger partial charge in [-0.25, -0.2) is 0 Å². The molecule has 1 aliphatic rings. The highest BCUT2D eigenvalue weighted by Crippen LogP contribution is 2.15. The Hall–Kier alpha value is -0.570. The maximum absolute atomic E-state index is 5.82. The molecule has 82 valence electrons. The van der Waals surface area contributed by atoms with Crippen molar-refractivity contribution in [1.29, 1.82) is 0 Å². The van der Waals surface area contributed by atoms with Gasteiger partial charge in [-0.1, -0.05) is 13.8 Å². The van der Waals surface area contributed by atoms with Crippen molar-refractivity contribution in [3.63, 3.8) is 0 Å². The summed E-state index contributed by atoms with van der Waals surface area (Å²) in [7, 11) is 0. The highest BCUT2D eigenvalue weighted by Gasteiger charge is 2.14. The molecule has 1 rings (SSSR count). The first-order valence-electron chi connectivity index (χ1n) is 5.59. The molecule has 0 aliphatic carbocycles.